The van der Waals surface area contributed by atoms with Gasteiger partial charge < -0.3 is 4.52 Å². The minimum absolute atomic E-state index is 0.245. The summed E-state index contributed by atoms with van der Waals surface area (Å²) >= 11 is 0. The minimum atomic E-state index is -0.245. The van der Waals surface area contributed by atoms with Crippen LogP contribution in [-0.4, -0.2) is 25.1 Å². The van der Waals surface area contributed by atoms with E-state index in [9.17, 15) is 0 Å². The van der Waals surface area contributed by atoms with Crippen molar-refractivity contribution in [3.8, 4) is 11.3 Å². The second kappa shape index (κ2) is 6.80. The van der Waals surface area contributed by atoms with Gasteiger partial charge in [0, 0.05) is 40.4 Å². The van der Waals surface area contributed by atoms with Crippen molar-refractivity contribution in [3.63, 3.8) is 0 Å². The number of nitrogens with zero attached hydrogens (tertiary/aromatic N) is 5. The number of rotatable bonds is 2. The molecule has 2 aliphatic rings. The van der Waals surface area contributed by atoms with Gasteiger partial charge in [0.05, 0.1) is 17.6 Å². The lowest BCUT2D eigenvalue weighted by atomic mass is 9.53. The van der Waals surface area contributed by atoms with Gasteiger partial charge in [-0.05, 0) is 37.7 Å². The van der Waals surface area contributed by atoms with E-state index in [4.69, 9.17) is 14.5 Å². The highest BCUT2D eigenvalue weighted by Gasteiger charge is 2.54. The second-order valence-corrected chi connectivity index (χ2v) is 8.74. The zero-order valence-electron chi connectivity index (χ0n) is 17.6. The van der Waals surface area contributed by atoms with Crippen molar-refractivity contribution in [1.29, 1.82) is 0 Å². The van der Waals surface area contributed by atoms with Crippen LogP contribution in [-0.2, 0) is 18.3 Å². The summed E-state index contributed by atoms with van der Waals surface area (Å²) in [4.78, 5) is 18.5. The van der Waals surface area contributed by atoms with E-state index in [1.165, 1.54) is 16.7 Å². The summed E-state index contributed by atoms with van der Waals surface area (Å²) in [5, 5.41) is 4.15. The summed E-state index contributed by atoms with van der Waals surface area (Å²) in [6.07, 6.45) is 9.93. The molecule has 6 heteroatoms. The van der Waals surface area contributed by atoms with E-state index in [-0.39, 0.29) is 11.3 Å². The molecule has 31 heavy (non-hydrogen) atoms. The van der Waals surface area contributed by atoms with E-state index >= 15 is 0 Å². The lowest BCUT2D eigenvalue weighted by Crippen LogP contribution is -2.48. The molecule has 0 amide bonds. The average molecular weight is 409 g/mol. The third-order valence-electron chi connectivity index (χ3n) is 7.17. The van der Waals surface area contributed by atoms with E-state index < -0.39 is 0 Å². The number of aryl methyl sites for hydroxylation is 1. The summed E-state index contributed by atoms with van der Waals surface area (Å²) in [6, 6.07) is 10.8. The Labute approximate surface area is 180 Å². The minimum Gasteiger partial charge on any atom is -0.361 e. The van der Waals surface area contributed by atoms with Crippen molar-refractivity contribution >= 4 is 0 Å². The molecule has 1 aromatic carbocycles. The normalized spacial score (nSPS) is 24.2. The molecule has 0 radical (unpaired) electrons. The van der Waals surface area contributed by atoms with Crippen LogP contribution in [0.15, 0.2) is 59.8 Å². The molecule has 0 fully saturated rings. The molecule has 6 nitrogen and oxygen atoms in total. The fourth-order valence-electron chi connectivity index (χ4n) is 5.92. The molecule has 3 atom stereocenters. The molecule has 0 bridgehead atoms. The Morgan fingerprint density at radius 2 is 1.84 bits per heavy atom. The van der Waals surface area contributed by atoms with Crippen LogP contribution in [0.3, 0.4) is 0 Å². The number of aromatic nitrogens is 5. The van der Waals surface area contributed by atoms with E-state index in [1.54, 1.807) is 6.33 Å². The third-order valence-corrected chi connectivity index (χ3v) is 7.17. The van der Waals surface area contributed by atoms with Crippen molar-refractivity contribution in [2.75, 3.05) is 0 Å². The van der Waals surface area contributed by atoms with Gasteiger partial charge in [-0.15, -0.1) is 0 Å². The molecule has 2 aliphatic carbocycles. The van der Waals surface area contributed by atoms with Crippen LogP contribution in [0.4, 0.5) is 0 Å². The van der Waals surface area contributed by atoms with Crippen LogP contribution < -0.4 is 0 Å². The SMILES string of the molecule is Cc1nc(-c2cncnc2)c2c(n1)[C@@]1(c3ccccc3)Cc3cnoc3[C@@H](C)[C@@H]1CC2. The fraction of sp³-hybridized carbons (Fsp3) is 0.320. The predicted octanol–water partition coefficient (Wildman–Crippen LogP) is 4.44. The van der Waals surface area contributed by atoms with Crippen LogP contribution in [0.25, 0.3) is 11.3 Å². The van der Waals surface area contributed by atoms with Crippen molar-refractivity contribution in [3.05, 3.63) is 89.2 Å². The van der Waals surface area contributed by atoms with Crippen LogP contribution in [0.1, 0.15) is 53.2 Å². The molecule has 3 heterocycles. The van der Waals surface area contributed by atoms with Crippen molar-refractivity contribution in [2.24, 2.45) is 5.92 Å². The van der Waals surface area contributed by atoms with Crippen LogP contribution in [0.2, 0.25) is 0 Å². The lowest BCUT2D eigenvalue weighted by Gasteiger charge is -2.50. The fourth-order valence-corrected chi connectivity index (χ4v) is 5.92. The van der Waals surface area contributed by atoms with E-state index in [2.05, 4.69) is 52.4 Å². The predicted molar refractivity (Wildman–Crippen MR) is 115 cm³/mol. The molecule has 154 valence electrons. The van der Waals surface area contributed by atoms with Gasteiger partial charge >= 0.3 is 0 Å². The number of fused-ring (bicyclic) bond motifs is 4. The highest BCUT2D eigenvalue weighted by molar-refractivity contribution is 5.65. The maximum Gasteiger partial charge on any atom is 0.143 e. The lowest BCUT2D eigenvalue weighted by molar-refractivity contribution is 0.188. The maximum absolute atomic E-state index is 5.70. The van der Waals surface area contributed by atoms with Crippen molar-refractivity contribution in [2.45, 2.75) is 44.4 Å². The van der Waals surface area contributed by atoms with Gasteiger partial charge in [0.2, 0.25) is 0 Å². The zero-order valence-corrected chi connectivity index (χ0v) is 17.6. The monoisotopic (exact) mass is 409 g/mol. The quantitative estimate of drug-likeness (QED) is 0.487. The van der Waals surface area contributed by atoms with Gasteiger partial charge in [0.25, 0.3) is 0 Å². The Hall–Kier alpha value is -3.41. The van der Waals surface area contributed by atoms with Gasteiger partial charge in [0.1, 0.15) is 17.9 Å². The first-order chi connectivity index (χ1) is 15.2. The molecule has 0 saturated heterocycles. The molecule has 4 aromatic rings. The Morgan fingerprint density at radius 1 is 1.03 bits per heavy atom. The molecule has 6 rings (SSSR count). The number of hydrogen-bond acceptors (Lipinski definition) is 6. The van der Waals surface area contributed by atoms with Crippen LogP contribution in [0.5, 0.6) is 0 Å². The first-order valence-electron chi connectivity index (χ1n) is 10.8. The smallest absolute Gasteiger partial charge is 0.143 e. The van der Waals surface area contributed by atoms with Crippen LogP contribution >= 0.6 is 0 Å². The van der Waals surface area contributed by atoms with Gasteiger partial charge in [-0.3, -0.25) is 0 Å². The van der Waals surface area contributed by atoms with E-state index in [1.807, 2.05) is 25.5 Å². The molecule has 0 unspecified atom stereocenters. The highest BCUT2D eigenvalue weighted by Crippen LogP contribution is 2.57. The second-order valence-electron chi connectivity index (χ2n) is 8.74. The number of hydrogen-bond donors (Lipinski definition) is 0. The number of benzene rings is 1. The Balaban J connectivity index is 1.67. The Bertz CT molecular complexity index is 1250. The molecule has 0 spiro atoms. The van der Waals surface area contributed by atoms with Gasteiger partial charge in [-0.1, -0.05) is 42.4 Å². The van der Waals surface area contributed by atoms with Crippen LogP contribution in [0, 0.1) is 12.8 Å². The standard InChI is InChI=1S/C25H23N5O/c1-15-21-9-8-20-22(18-11-26-14-27-12-18)29-16(2)30-24(20)25(21,19-6-4-3-5-7-19)10-17-13-28-31-23(15)17/h3-7,11-15,21H,8-10H2,1-2H3/t15-,21-,25+/m0/s1. The summed E-state index contributed by atoms with van der Waals surface area (Å²) in [5.74, 6) is 2.44. The van der Waals surface area contributed by atoms with Gasteiger partial charge in [-0.2, -0.15) is 0 Å². The topological polar surface area (TPSA) is 77.6 Å². The van der Waals surface area contributed by atoms with Gasteiger partial charge in [-0.25, -0.2) is 19.9 Å². The first-order valence-corrected chi connectivity index (χ1v) is 10.8. The Kier molecular flexibility index (Phi) is 4.03. The summed E-state index contributed by atoms with van der Waals surface area (Å²) in [6.45, 7) is 4.25. The zero-order chi connectivity index (χ0) is 21.0. The van der Waals surface area contributed by atoms with E-state index in [0.29, 0.717) is 5.92 Å². The third kappa shape index (κ3) is 2.60. The summed E-state index contributed by atoms with van der Waals surface area (Å²) in [7, 11) is 0. The van der Waals surface area contributed by atoms with Gasteiger partial charge in [0.15, 0.2) is 0 Å². The summed E-state index contributed by atoms with van der Waals surface area (Å²) < 4.78 is 5.70. The Morgan fingerprint density at radius 3 is 2.65 bits per heavy atom. The molecule has 3 aromatic heterocycles. The van der Waals surface area contributed by atoms with Crippen molar-refractivity contribution in [1.82, 2.24) is 25.1 Å². The molecule has 0 aliphatic heterocycles. The highest BCUT2D eigenvalue weighted by atomic mass is 16.5. The average Bonchev–Trinajstić information content (AvgIpc) is 3.28. The molecular weight excluding hydrogens is 386 g/mol. The molecule has 0 saturated carbocycles. The maximum atomic E-state index is 5.70. The summed E-state index contributed by atoms with van der Waals surface area (Å²) in [5.41, 5.74) is 6.49. The first kappa shape index (κ1) is 18.4. The van der Waals surface area contributed by atoms with E-state index in [0.717, 1.165) is 47.8 Å². The van der Waals surface area contributed by atoms with Crippen molar-refractivity contribution < 1.29 is 4.52 Å². The molecule has 0 N–H and O–H groups in total. The molecular formula is C25H23N5O. The largest absolute Gasteiger partial charge is 0.361 e.